The van der Waals surface area contributed by atoms with E-state index in [0.29, 0.717) is 35.9 Å². The topological polar surface area (TPSA) is 119 Å². The van der Waals surface area contributed by atoms with Crippen molar-refractivity contribution in [3.05, 3.63) is 47.0 Å². The molecular weight excluding hydrogens is 477 g/mol. The van der Waals surface area contributed by atoms with E-state index < -0.39 is 27.9 Å². The quantitative estimate of drug-likeness (QED) is 0.571. The first-order valence-electron chi connectivity index (χ1n) is 10.2. The maximum Gasteiger partial charge on any atom is 0.453 e. The second kappa shape index (κ2) is 8.92. The van der Waals surface area contributed by atoms with Crippen molar-refractivity contribution in [2.75, 3.05) is 31.6 Å². The molecule has 3 heterocycles. The number of fused-ring (bicyclic) bond motifs is 1. The van der Waals surface area contributed by atoms with E-state index in [2.05, 4.69) is 20.4 Å². The lowest BCUT2D eigenvalue weighted by molar-refractivity contribution is -0.144. The Hall–Kier alpha value is -3.10. The van der Waals surface area contributed by atoms with Gasteiger partial charge in [-0.15, -0.1) is 5.10 Å². The van der Waals surface area contributed by atoms with Gasteiger partial charge in [0.25, 0.3) is 11.6 Å². The van der Waals surface area contributed by atoms with Crippen LogP contribution < -0.4 is 5.32 Å². The number of nitrogens with one attached hydrogen (secondary N) is 1. The van der Waals surface area contributed by atoms with Crippen molar-refractivity contribution >= 4 is 27.4 Å². The number of morpholine rings is 1. The summed E-state index contributed by atoms with van der Waals surface area (Å²) < 4.78 is 71.7. The van der Waals surface area contributed by atoms with Crippen LogP contribution >= 0.6 is 0 Å². The standard InChI is InChI=1S/C20H21F3N6O4S/c1-12-16(13(2)29-19(24-12)26-18(27-29)20(21,22)23)11-17(30)25-14-3-5-15(6-4-14)34(31,32)28-7-9-33-10-8-28/h3-6H,7-11H2,1-2H3,(H,25,30). The second-order valence-electron chi connectivity index (χ2n) is 7.67. The van der Waals surface area contributed by atoms with Crippen molar-refractivity contribution in [3.8, 4) is 0 Å². The van der Waals surface area contributed by atoms with E-state index in [-0.39, 0.29) is 30.2 Å². The first-order chi connectivity index (χ1) is 16.0. The van der Waals surface area contributed by atoms with Gasteiger partial charge in [-0.1, -0.05) is 0 Å². The highest BCUT2D eigenvalue weighted by Crippen LogP contribution is 2.27. The van der Waals surface area contributed by atoms with E-state index in [4.69, 9.17) is 4.74 Å². The molecule has 1 amide bonds. The highest BCUT2D eigenvalue weighted by atomic mass is 32.2. The number of halogens is 3. The summed E-state index contributed by atoms with van der Waals surface area (Å²) >= 11 is 0. The number of benzene rings is 1. The monoisotopic (exact) mass is 498 g/mol. The number of sulfonamides is 1. The molecule has 0 aliphatic carbocycles. The Balaban J connectivity index is 1.49. The van der Waals surface area contributed by atoms with Crippen molar-refractivity contribution in [2.24, 2.45) is 0 Å². The summed E-state index contributed by atoms with van der Waals surface area (Å²) in [6, 6.07) is 5.75. The van der Waals surface area contributed by atoms with Gasteiger partial charge < -0.3 is 10.1 Å². The third kappa shape index (κ3) is 4.74. The van der Waals surface area contributed by atoms with Crippen LogP contribution in [0.1, 0.15) is 22.8 Å². The number of nitrogens with zero attached hydrogens (tertiary/aromatic N) is 5. The maximum atomic E-state index is 12.9. The minimum atomic E-state index is -4.72. The molecule has 14 heteroatoms. The fraction of sp³-hybridized carbons (Fsp3) is 0.400. The van der Waals surface area contributed by atoms with Gasteiger partial charge in [-0.3, -0.25) is 4.79 Å². The molecule has 0 unspecified atom stereocenters. The number of aromatic nitrogens is 4. The van der Waals surface area contributed by atoms with Crippen LogP contribution in [0, 0.1) is 13.8 Å². The SMILES string of the molecule is Cc1nc2nc(C(F)(F)F)nn2c(C)c1CC(=O)Nc1ccc(S(=O)(=O)N2CCOCC2)cc1. The summed E-state index contributed by atoms with van der Waals surface area (Å²) in [5, 5.41) is 6.13. The molecule has 0 radical (unpaired) electrons. The molecule has 182 valence electrons. The van der Waals surface area contributed by atoms with Crippen LogP contribution in [0.4, 0.5) is 18.9 Å². The minimum absolute atomic E-state index is 0.0976. The van der Waals surface area contributed by atoms with Crippen molar-refractivity contribution < 1.29 is 31.1 Å². The van der Waals surface area contributed by atoms with Crippen LogP contribution in [-0.2, 0) is 32.2 Å². The van der Waals surface area contributed by atoms with Crippen LogP contribution in [-0.4, -0.2) is 64.5 Å². The highest BCUT2D eigenvalue weighted by molar-refractivity contribution is 7.89. The molecule has 2 aromatic heterocycles. The fourth-order valence-corrected chi connectivity index (χ4v) is 5.00. The largest absolute Gasteiger partial charge is 0.453 e. The Morgan fingerprint density at radius 1 is 1.12 bits per heavy atom. The van der Waals surface area contributed by atoms with E-state index in [0.717, 1.165) is 4.52 Å². The molecular formula is C20H21F3N6O4S. The Kier molecular flexibility index (Phi) is 6.31. The van der Waals surface area contributed by atoms with Crippen LogP contribution in [0.15, 0.2) is 29.2 Å². The fourth-order valence-electron chi connectivity index (χ4n) is 3.60. The number of rotatable bonds is 5. The van der Waals surface area contributed by atoms with Gasteiger partial charge in [0.2, 0.25) is 15.9 Å². The Morgan fingerprint density at radius 3 is 2.38 bits per heavy atom. The van der Waals surface area contributed by atoms with Gasteiger partial charge in [-0.05, 0) is 38.1 Å². The van der Waals surface area contributed by atoms with Crippen LogP contribution in [0.5, 0.6) is 0 Å². The van der Waals surface area contributed by atoms with Crippen LogP contribution in [0.25, 0.3) is 5.78 Å². The number of carbonyl (C=O) groups excluding carboxylic acids is 1. The summed E-state index contributed by atoms with van der Waals surface area (Å²) in [5.74, 6) is -1.97. The average molecular weight is 498 g/mol. The highest BCUT2D eigenvalue weighted by Gasteiger charge is 2.37. The van der Waals surface area contributed by atoms with Crippen molar-refractivity contribution in [1.29, 1.82) is 0 Å². The molecule has 0 spiro atoms. The zero-order valence-electron chi connectivity index (χ0n) is 18.3. The maximum absolute atomic E-state index is 12.9. The first kappa shape index (κ1) is 24.0. The van der Waals surface area contributed by atoms with Crippen molar-refractivity contribution in [1.82, 2.24) is 23.9 Å². The summed E-state index contributed by atoms with van der Waals surface area (Å²) in [4.78, 5) is 20.2. The Bertz CT molecular complexity index is 1330. The van der Waals surface area contributed by atoms with Crippen LogP contribution in [0.3, 0.4) is 0 Å². The zero-order chi connectivity index (χ0) is 24.7. The molecule has 1 fully saturated rings. The Morgan fingerprint density at radius 2 is 1.76 bits per heavy atom. The van der Waals surface area contributed by atoms with E-state index in [9.17, 15) is 26.4 Å². The number of carbonyl (C=O) groups is 1. The minimum Gasteiger partial charge on any atom is -0.379 e. The van der Waals surface area contributed by atoms with Crippen molar-refractivity contribution in [3.63, 3.8) is 0 Å². The van der Waals surface area contributed by atoms with E-state index in [1.807, 2.05) is 0 Å². The predicted octanol–water partition coefficient (Wildman–Crippen LogP) is 1.96. The van der Waals surface area contributed by atoms with Gasteiger partial charge in [0.05, 0.1) is 24.5 Å². The molecule has 1 N–H and O–H groups in total. The second-order valence-corrected chi connectivity index (χ2v) is 9.61. The lowest BCUT2D eigenvalue weighted by atomic mass is 10.1. The van der Waals surface area contributed by atoms with E-state index in [1.165, 1.54) is 35.5 Å². The number of alkyl halides is 3. The summed E-state index contributed by atoms with van der Waals surface area (Å²) in [6.45, 7) is 4.31. The molecule has 4 rings (SSSR count). The third-order valence-corrected chi connectivity index (χ3v) is 7.30. The summed E-state index contributed by atoms with van der Waals surface area (Å²) in [7, 11) is -3.66. The van der Waals surface area contributed by atoms with Gasteiger partial charge >= 0.3 is 6.18 Å². The van der Waals surface area contributed by atoms with Gasteiger partial charge in [-0.2, -0.15) is 22.5 Å². The molecule has 34 heavy (non-hydrogen) atoms. The molecule has 10 nitrogen and oxygen atoms in total. The molecule has 3 aromatic rings. The normalized spacial score (nSPS) is 15.6. The summed E-state index contributed by atoms with van der Waals surface area (Å²) in [6.07, 6.45) is -4.89. The number of anilines is 1. The van der Waals surface area contributed by atoms with Gasteiger partial charge in [0.1, 0.15) is 0 Å². The van der Waals surface area contributed by atoms with Gasteiger partial charge in [0, 0.05) is 35.7 Å². The lowest BCUT2D eigenvalue weighted by Gasteiger charge is -2.26. The first-order valence-corrected chi connectivity index (χ1v) is 11.7. The van der Waals surface area contributed by atoms with Gasteiger partial charge in [-0.25, -0.2) is 17.9 Å². The van der Waals surface area contributed by atoms with E-state index in [1.54, 1.807) is 6.92 Å². The number of aryl methyl sites for hydroxylation is 2. The number of hydrogen-bond donors (Lipinski definition) is 1. The number of hydrogen-bond acceptors (Lipinski definition) is 7. The van der Waals surface area contributed by atoms with Crippen molar-refractivity contribution in [2.45, 2.75) is 31.3 Å². The molecule has 1 aliphatic heterocycles. The smallest absolute Gasteiger partial charge is 0.379 e. The number of amides is 1. The van der Waals surface area contributed by atoms with E-state index >= 15 is 0 Å². The zero-order valence-corrected chi connectivity index (χ0v) is 19.1. The van der Waals surface area contributed by atoms with Gasteiger partial charge in [0.15, 0.2) is 0 Å². The predicted molar refractivity (Wildman–Crippen MR) is 114 cm³/mol. The summed E-state index contributed by atoms with van der Waals surface area (Å²) in [5.41, 5.74) is 1.45. The molecule has 1 aliphatic rings. The Labute approximate surface area is 192 Å². The molecule has 0 saturated carbocycles. The lowest BCUT2D eigenvalue weighted by Crippen LogP contribution is -2.40. The third-order valence-electron chi connectivity index (χ3n) is 5.39. The molecule has 0 atom stereocenters. The van der Waals surface area contributed by atoms with Crippen LogP contribution in [0.2, 0.25) is 0 Å². The number of ether oxygens (including phenoxy) is 1. The molecule has 0 bridgehead atoms. The molecule has 1 aromatic carbocycles. The molecule has 1 saturated heterocycles. The average Bonchev–Trinajstić information content (AvgIpc) is 3.22.